The summed E-state index contributed by atoms with van der Waals surface area (Å²) in [5, 5.41) is 3.65. The molecule has 1 rings (SSSR count). The van der Waals surface area contributed by atoms with Crippen LogP contribution in [0.3, 0.4) is 0 Å². The zero-order chi connectivity index (χ0) is 12.1. The maximum absolute atomic E-state index is 3.65. The Morgan fingerprint density at radius 1 is 1.38 bits per heavy atom. The van der Waals surface area contributed by atoms with Crippen molar-refractivity contribution < 1.29 is 0 Å². The second-order valence-electron chi connectivity index (χ2n) is 4.09. The van der Waals surface area contributed by atoms with Gasteiger partial charge in [-0.05, 0) is 56.8 Å². The van der Waals surface area contributed by atoms with Gasteiger partial charge < -0.3 is 5.32 Å². The van der Waals surface area contributed by atoms with Crippen molar-refractivity contribution >= 4 is 43.2 Å². The van der Waals surface area contributed by atoms with Gasteiger partial charge >= 0.3 is 0 Å². The topological polar surface area (TPSA) is 12.0 Å². The van der Waals surface area contributed by atoms with Crippen LogP contribution in [0.4, 0.5) is 0 Å². The van der Waals surface area contributed by atoms with Gasteiger partial charge in [0.25, 0.3) is 0 Å². The van der Waals surface area contributed by atoms with Gasteiger partial charge in [0, 0.05) is 15.4 Å². The Balaban J connectivity index is 2.82. The lowest BCUT2D eigenvalue weighted by molar-refractivity contribution is 0.382. The van der Waals surface area contributed by atoms with Crippen LogP contribution in [-0.4, -0.2) is 6.54 Å². The van der Waals surface area contributed by atoms with Crippen molar-refractivity contribution in [2.24, 2.45) is 5.92 Å². The lowest BCUT2D eigenvalue weighted by atomic mass is 9.98. The highest BCUT2D eigenvalue weighted by atomic mass is 79.9. The van der Waals surface area contributed by atoms with Gasteiger partial charge in [0.2, 0.25) is 0 Å². The van der Waals surface area contributed by atoms with E-state index in [0.717, 1.165) is 6.54 Å². The minimum Gasteiger partial charge on any atom is -0.309 e. The highest BCUT2D eigenvalue weighted by molar-refractivity contribution is 9.13. The van der Waals surface area contributed by atoms with Crippen LogP contribution in [0.1, 0.15) is 44.5 Å². The molecule has 0 spiro atoms. The van der Waals surface area contributed by atoms with Crippen LogP contribution in [0.15, 0.2) is 14.3 Å². The average Bonchev–Trinajstić information content (AvgIpc) is 2.59. The number of thiophene rings is 1. The van der Waals surface area contributed by atoms with E-state index in [0.29, 0.717) is 12.0 Å². The molecule has 2 unspecified atom stereocenters. The molecule has 0 amide bonds. The average molecular weight is 369 g/mol. The number of halogens is 2. The van der Waals surface area contributed by atoms with E-state index < -0.39 is 0 Å². The van der Waals surface area contributed by atoms with Gasteiger partial charge in [0.15, 0.2) is 0 Å². The van der Waals surface area contributed by atoms with Crippen molar-refractivity contribution in [3.63, 3.8) is 0 Å². The smallest absolute Gasteiger partial charge is 0.0843 e. The Morgan fingerprint density at radius 3 is 2.50 bits per heavy atom. The fraction of sp³-hybridized carbons (Fsp3) is 0.667. The second kappa shape index (κ2) is 7.14. The fourth-order valence-electron chi connectivity index (χ4n) is 1.63. The second-order valence-corrected chi connectivity index (χ2v) is 7.34. The lowest BCUT2D eigenvalue weighted by Gasteiger charge is -2.23. The normalized spacial score (nSPS) is 15.1. The molecule has 0 bridgehead atoms. The molecule has 0 aliphatic rings. The minimum absolute atomic E-state index is 0.484. The third-order valence-electron chi connectivity index (χ3n) is 2.80. The molecule has 0 radical (unpaired) electrons. The van der Waals surface area contributed by atoms with Crippen LogP contribution in [0, 0.1) is 5.92 Å². The van der Waals surface area contributed by atoms with Gasteiger partial charge in [0.1, 0.15) is 0 Å². The van der Waals surface area contributed by atoms with Crippen LogP contribution < -0.4 is 5.32 Å². The van der Waals surface area contributed by atoms with Crippen molar-refractivity contribution in [3.05, 3.63) is 19.2 Å². The predicted molar refractivity (Wildman–Crippen MR) is 80.2 cm³/mol. The van der Waals surface area contributed by atoms with Gasteiger partial charge in [0.05, 0.1) is 3.79 Å². The number of nitrogens with one attached hydrogen (secondary N) is 1. The van der Waals surface area contributed by atoms with Crippen LogP contribution >= 0.6 is 43.2 Å². The predicted octanol–water partition coefficient (Wildman–Crippen LogP) is 5.36. The molecular formula is C12H19Br2NS. The molecule has 1 aromatic rings. The van der Waals surface area contributed by atoms with Crippen LogP contribution in [0.2, 0.25) is 0 Å². The van der Waals surface area contributed by atoms with E-state index in [1.165, 1.54) is 26.0 Å². The Morgan fingerprint density at radius 2 is 2.06 bits per heavy atom. The first-order chi connectivity index (χ1) is 7.60. The molecule has 0 saturated heterocycles. The van der Waals surface area contributed by atoms with E-state index in [9.17, 15) is 0 Å². The summed E-state index contributed by atoms with van der Waals surface area (Å²) < 4.78 is 2.35. The molecule has 0 aliphatic carbocycles. The summed E-state index contributed by atoms with van der Waals surface area (Å²) in [6.45, 7) is 7.86. The molecular weight excluding hydrogens is 350 g/mol. The van der Waals surface area contributed by atoms with Crippen LogP contribution in [-0.2, 0) is 0 Å². The Bertz CT molecular complexity index is 305. The van der Waals surface area contributed by atoms with Gasteiger partial charge in [-0.3, -0.25) is 0 Å². The molecule has 1 nitrogen and oxygen atoms in total. The largest absolute Gasteiger partial charge is 0.309 e. The van der Waals surface area contributed by atoms with Crippen LogP contribution in [0.5, 0.6) is 0 Å². The molecule has 0 fully saturated rings. The van der Waals surface area contributed by atoms with E-state index in [1.54, 1.807) is 0 Å². The minimum atomic E-state index is 0.484. The van der Waals surface area contributed by atoms with Crippen molar-refractivity contribution in [2.45, 2.75) is 39.7 Å². The van der Waals surface area contributed by atoms with Crippen molar-refractivity contribution in [2.75, 3.05) is 6.54 Å². The van der Waals surface area contributed by atoms with Crippen LogP contribution in [0.25, 0.3) is 0 Å². The van der Waals surface area contributed by atoms with Crippen molar-refractivity contribution in [1.29, 1.82) is 0 Å². The SMILES string of the molecule is CCCNC(c1cc(Br)c(Br)s1)C(C)CC. The third-order valence-corrected chi connectivity index (χ3v) is 6.14. The Kier molecular flexibility index (Phi) is 6.55. The summed E-state index contributed by atoms with van der Waals surface area (Å²) in [5.41, 5.74) is 0. The van der Waals surface area contributed by atoms with Gasteiger partial charge in [-0.15, -0.1) is 11.3 Å². The molecule has 1 heterocycles. The fourth-order valence-corrected chi connectivity index (χ4v) is 3.93. The third kappa shape index (κ3) is 3.83. The van der Waals surface area contributed by atoms with E-state index in [1.807, 2.05) is 11.3 Å². The number of hydrogen-bond acceptors (Lipinski definition) is 2. The Hall–Kier alpha value is 0.620. The van der Waals surface area contributed by atoms with E-state index in [2.05, 4.69) is 64.0 Å². The number of hydrogen-bond donors (Lipinski definition) is 1. The zero-order valence-corrected chi connectivity index (χ0v) is 14.0. The monoisotopic (exact) mass is 367 g/mol. The lowest BCUT2D eigenvalue weighted by Crippen LogP contribution is -2.26. The molecule has 4 heteroatoms. The quantitative estimate of drug-likeness (QED) is 0.712. The van der Waals surface area contributed by atoms with E-state index in [-0.39, 0.29) is 0 Å². The molecule has 0 saturated carbocycles. The summed E-state index contributed by atoms with van der Waals surface area (Å²) in [5.74, 6) is 0.670. The first-order valence-electron chi connectivity index (χ1n) is 5.78. The molecule has 1 aromatic heterocycles. The Labute approximate surface area is 119 Å². The van der Waals surface area contributed by atoms with Gasteiger partial charge in [-0.1, -0.05) is 27.2 Å². The molecule has 1 N–H and O–H groups in total. The van der Waals surface area contributed by atoms with Gasteiger partial charge in [-0.25, -0.2) is 0 Å². The highest BCUT2D eigenvalue weighted by Crippen LogP contribution is 2.38. The van der Waals surface area contributed by atoms with Gasteiger partial charge in [-0.2, -0.15) is 0 Å². The molecule has 92 valence electrons. The first kappa shape index (κ1) is 14.7. The zero-order valence-electron chi connectivity index (χ0n) is 10.0. The number of rotatable bonds is 6. The van der Waals surface area contributed by atoms with E-state index >= 15 is 0 Å². The summed E-state index contributed by atoms with van der Waals surface area (Å²) in [7, 11) is 0. The first-order valence-corrected chi connectivity index (χ1v) is 8.18. The summed E-state index contributed by atoms with van der Waals surface area (Å²) >= 11 is 8.95. The maximum Gasteiger partial charge on any atom is 0.0843 e. The molecule has 0 aliphatic heterocycles. The van der Waals surface area contributed by atoms with Crippen molar-refractivity contribution in [3.8, 4) is 0 Å². The summed E-state index contributed by atoms with van der Waals surface area (Å²) in [6.07, 6.45) is 2.38. The van der Waals surface area contributed by atoms with Crippen molar-refractivity contribution in [1.82, 2.24) is 5.32 Å². The molecule has 16 heavy (non-hydrogen) atoms. The highest BCUT2D eigenvalue weighted by Gasteiger charge is 2.20. The summed E-state index contributed by atoms with van der Waals surface area (Å²) in [4.78, 5) is 1.42. The standard InChI is InChI=1S/C12H19Br2NS/c1-4-6-15-11(8(3)5-2)10-7-9(13)12(14)16-10/h7-8,11,15H,4-6H2,1-3H3. The molecule has 0 aromatic carbocycles. The maximum atomic E-state index is 3.65. The summed E-state index contributed by atoms with van der Waals surface area (Å²) in [6, 6.07) is 2.71. The molecule has 2 atom stereocenters. The van der Waals surface area contributed by atoms with E-state index in [4.69, 9.17) is 0 Å².